The van der Waals surface area contributed by atoms with E-state index in [0.717, 1.165) is 12.1 Å². The van der Waals surface area contributed by atoms with Crippen LogP contribution in [0.3, 0.4) is 0 Å². The molecule has 0 bridgehead atoms. The van der Waals surface area contributed by atoms with Crippen molar-refractivity contribution in [1.29, 1.82) is 0 Å². The van der Waals surface area contributed by atoms with Gasteiger partial charge in [0.2, 0.25) is 0 Å². The maximum atomic E-state index is 13.2. The van der Waals surface area contributed by atoms with Gasteiger partial charge in [0.1, 0.15) is 5.60 Å². The van der Waals surface area contributed by atoms with Gasteiger partial charge >= 0.3 is 11.6 Å². The number of halogens is 4. The van der Waals surface area contributed by atoms with E-state index < -0.39 is 43.9 Å². The van der Waals surface area contributed by atoms with Crippen LogP contribution in [-0.2, 0) is 14.6 Å². The van der Waals surface area contributed by atoms with Crippen molar-refractivity contribution in [3.63, 3.8) is 0 Å². The number of piperazine rings is 1. The van der Waals surface area contributed by atoms with Crippen LogP contribution in [0.15, 0.2) is 17.0 Å². The van der Waals surface area contributed by atoms with Gasteiger partial charge in [0, 0.05) is 25.2 Å². The molecule has 0 radical (unpaired) electrons. The first-order chi connectivity index (χ1) is 13.1. The third-order valence-corrected chi connectivity index (χ3v) is 6.45. The minimum atomic E-state index is -5.73. The minimum absolute atomic E-state index is 0.000737. The molecule has 7 nitrogen and oxygen atoms in total. The quantitative estimate of drug-likeness (QED) is 0.649. The summed E-state index contributed by atoms with van der Waals surface area (Å²) in [6, 6.07) is 0.623. The lowest BCUT2D eigenvalue weighted by Crippen LogP contribution is -2.50. The summed E-state index contributed by atoms with van der Waals surface area (Å²) in [4.78, 5) is 26.5. The van der Waals surface area contributed by atoms with Crippen LogP contribution in [0.1, 0.15) is 42.7 Å². The molecule has 1 aromatic carbocycles. The van der Waals surface area contributed by atoms with E-state index >= 15 is 0 Å². The zero-order valence-electron chi connectivity index (χ0n) is 15.7. The number of hydrogen-bond donors (Lipinski definition) is 0. The van der Waals surface area contributed by atoms with E-state index in [1.165, 1.54) is 9.80 Å². The van der Waals surface area contributed by atoms with Crippen molar-refractivity contribution in [2.75, 3.05) is 19.6 Å². The second-order valence-corrected chi connectivity index (χ2v) is 10.0. The predicted molar refractivity (Wildman–Crippen MR) is 96.3 cm³/mol. The number of nitrogens with zero attached hydrogens (tertiary/aromatic N) is 2. The number of benzene rings is 1. The zero-order chi connectivity index (χ0) is 21.9. The largest absolute Gasteiger partial charge is 0.501 e. The molecule has 2 amide bonds. The Kier molecular flexibility index (Phi) is 5.06. The molecule has 3 rings (SSSR count). The smallest absolute Gasteiger partial charge is 0.444 e. The summed E-state index contributed by atoms with van der Waals surface area (Å²) in [6.07, 6.45) is -0.708. The van der Waals surface area contributed by atoms with E-state index in [9.17, 15) is 31.2 Å². The highest BCUT2D eigenvalue weighted by molar-refractivity contribution is 7.92. The molecule has 29 heavy (non-hydrogen) atoms. The Morgan fingerprint density at radius 1 is 1.21 bits per heavy atom. The van der Waals surface area contributed by atoms with Gasteiger partial charge in [0.15, 0.2) is 0 Å². The molecular weight excluding hydrogens is 437 g/mol. The molecule has 1 fully saturated rings. The average molecular weight is 455 g/mol. The Hall–Kier alpha value is -2.01. The zero-order valence-corrected chi connectivity index (χ0v) is 17.3. The SMILES string of the molecule is CC(C)(C)OC(=O)N1CCN2C(=O)c3c(Cl)ccc(S(=O)(=O)C(F)(F)F)c3C2C1. The second-order valence-electron chi connectivity index (χ2n) is 7.72. The maximum Gasteiger partial charge on any atom is 0.501 e. The van der Waals surface area contributed by atoms with Gasteiger partial charge in [-0.3, -0.25) is 4.79 Å². The summed E-state index contributed by atoms with van der Waals surface area (Å²) >= 11 is 6.02. The number of fused-ring (bicyclic) bond motifs is 3. The number of ether oxygens (including phenoxy) is 1. The molecule has 0 aliphatic carbocycles. The standard InChI is InChI=1S/C17H18ClF3N2O5S/c1-16(2,3)28-15(25)22-6-7-23-10(8-22)13-11(29(26,27)17(19,20)21)5-4-9(18)12(13)14(23)24/h4-5,10H,6-8H2,1-3H3. The van der Waals surface area contributed by atoms with Crippen LogP contribution in [0.25, 0.3) is 0 Å². The van der Waals surface area contributed by atoms with E-state index in [4.69, 9.17) is 16.3 Å². The Morgan fingerprint density at radius 3 is 2.38 bits per heavy atom. The molecule has 0 aromatic heterocycles. The van der Waals surface area contributed by atoms with Crippen LogP contribution in [-0.4, -0.2) is 61.0 Å². The van der Waals surface area contributed by atoms with E-state index in [1.807, 2.05) is 0 Å². The van der Waals surface area contributed by atoms with Gasteiger partial charge in [0.05, 0.1) is 21.5 Å². The summed E-state index contributed by atoms with van der Waals surface area (Å²) in [5.41, 5.74) is -6.97. The third kappa shape index (κ3) is 3.65. The number of carbonyl (C=O) groups is 2. The van der Waals surface area contributed by atoms with Crippen LogP contribution >= 0.6 is 11.6 Å². The van der Waals surface area contributed by atoms with E-state index in [-0.39, 0.29) is 35.8 Å². The summed E-state index contributed by atoms with van der Waals surface area (Å²) < 4.78 is 69.1. The maximum absolute atomic E-state index is 13.2. The van der Waals surface area contributed by atoms with E-state index in [2.05, 4.69) is 0 Å². The van der Waals surface area contributed by atoms with Crippen molar-refractivity contribution in [2.45, 2.75) is 42.8 Å². The molecule has 1 aromatic rings. The molecule has 0 N–H and O–H groups in total. The first kappa shape index (κ1) is 21.7. The molecule has 0 saturated carbocycles. The van der Waals surface area contributed by atoms with Crippen LogP contribution in [0.5, 0.6) is 0 Å². The summed E-state index contributed by atoms with van der Waals surface area (Å²) in [7, 11) is -5.73. The molecule has 1 unspecified atom stereocenters. The molecule has 1 saturated heterocycles. The number of rotatable bonds is 1. The molecule has 1 atom stereocenters. The van der Waals surface area contributed by atoms with Gasteiger partial charge < -0.3 is 14.5 Å². The number of carbonyl (C=O) groups excluding carboxylic acids is 2. The summed E-state index contributed by atoms with van der Waals surface area (Å²) in [5, 5.41) is -0.149. The van der Waals surface area contributed by atoms with Gasteiger partial charge in [0.25, 0.3) is 15.7 Å². The molecule has 2 heterocycles. The third-order valence-electron chi connectivity index (χ3n) is 4.59. The number of sulfone groups is 1. The lowest BCUT2D eigenvalue weighted by Gasteiger charge is -2.38. The van der Waals surface area contributed by atoms with Crippen LogP contribution < -0.4 is 0 Å². The van der Waals surface area contributed by atoms with Gasteiger partial charge in [-0.1, -0.05) is 11.6 Å². The monoisotopic (exact) mass is 454 g/mol. The van der Waals surface area contributed by atoms with Crippen molar-refractivity contribution in [3.05, 3.63) is 28.3 Å². The molecule has 0 spiro atoms. The second kappa shape index (κ2) is 6.76. The molecule has 2 aliphatic heterocycles. The van der Waals surface area contributed by atoms with Gasteiger partial charge in [-0.2, -0.15) is 13.2 Å². The molecule has 12 heteroatoms. The van der Waals surface area contributed by atoms with E-state index in [1.54, 1.807) is 20.8 Å². The average Bonchev–Trinajstić information content (AvgIpc) is 2.86. The number of hydrogen-bond acceptors (Lipinski definition) is 5. The Labute approximate surface area is 170 Å². The van der Waals surface area contributed by atoms with Crippen LogP contribution in [0.2, 0.25) is 5.02 Å². The Morgan fingerprint density at radius 2 is 1.83 bits per heavy atom. The Bertz CT molecular complexity index is 988. The topological polar surface area (TPSA) is 84.0 Å². The molecule has 160 valence electrons. The normalized spacial score (nSPS) is 19.8. The fourth-order valence-corrected chi connectivity index (χ4v) is 4.66. The summed E-state index contributed by atoms with van der Waals surface area (Å²) in [6.45, 7) is 4.84. The number of amides is 2. The van der Waals surface area contributed by atoms with Crippen molar-refractivity contribution in [3.8, 4) is 0 Å². The highest BCUT2D eigenvalue weighted by Gasteiger charge is 2.52. The van der Waals surface area contributed by atoms with Gasteiger partial charge in [-0.15, -0.1) is 0 Å². The highest BCUT2D eigenvalue weighted by atomic mass is 35.5. The minimum Gasteiger partial charge on any atom is -0.444 e. The van der Waals surface area contributed by atoms with Crippen molar-refractivity contribution in [1.82, 2.24) is 9.80 Å². The van der Waals surface area contributed by atoms with Gasteiger partial charge in [-0.05, 0) is 32.9 Å². The lowest BCUT2D eigenvalue weighted by atomic mass is 10.0. The highest BCUT2D eigenvalue weighted by Crippen LogP contribution is 2.45. The van der Waals surface area contributed by atoms with Crippen molar-refractivity contribution < 1.29 is 35.9 Å². The van der Waals surface area contributed by atoms with Crippen molar-refractivity contribution >= 4 is 33.4 Å². The van der Waals surface area contributed by atoms with Gasteiger partial charge in [-0.25, -0.2) is 13.2 Å². The van der Waals surface area contributed by atoms with E-state index in [0.29, 0.717) is 0 Å². The Balaban J connectivity index is 2.08. The number of alkyl halides is 3. The first-order valence-electron chi connectivity index (χ1n) is 8.58. The predicted octanol–water partition coefficient (Wildman–Crippen LogP) is 3.38. The fourth-order valence-electron chi connectivity index (χ4n) is 3.39. The fraction of sp³-hybridized carbons (Fsp3) is 0.529. The summed E-state index contributed by atoms with van der Waals surface area (Å²) in [5.74, 6) is -0.668. The molecular formula is C17H18ClF3N2O5S. The lowest BCUT2D eigenvalue weighted by molar-refractivity contribution is -0.0437. The van der Waals surface area contributed by atoms with Crippen LogP contribution in [0.4, 0.5) is 18.0 Å². The van der Waals surface area contributed by atoms with Crippen molar-refractivity contribution in [2.24, 2.45) is 0 Å². The molecule has 2 aliphatic rings. The first-order valence-corrected chi connectivity index (χ1v) is 10.4. The van der Waals surface area contributed by atoms with Crippen LogP contribution in [0, 0.1) is 0 Å².